The molecule has 0 atom stereocenters. The Hall–Kier alpha value is -2.55. The first-order valence-corrected chi connectivity index (χ1v) is 6.35. The molecule has 1 aliphatic rings. The Balaban J connectivity index is 2.46. The number of hydrogen-bond acceptors (Lipinski definition) is 3. The van der Waals surface area contributed by atoms with Crippen LogP contribution in [0.5, 0.6) is 0 Å². The molecular formula is C17H12O3. The average Bonchev–Trinajstić information content (AvgIpc) is 2.72. The van der Waals surface area contributed by atoms with Crippen LogP contribution >= 0.6 is 0 Å². The molecule has 0 aromatic heterocycles. The summed E-state index contributed by atoms with van der Waals surface area (Å²) in [5.74, 6) is -0.456. The summed E-state index contributed by atoms with van der Waals surface area (Å²) in [6.45, 7) is 2.90. The Morgan fingerprint density at radius 2 is 1.25 bits per heavy atom. The van der Waals surface area contributed by atoms with Crippen LogP contribution in [-0.2, 0) is 0 Å². The van der Waals surface area contributed by atoms with Crippen LogP contribution in [0, 0.1) is 0 Å². The number of ketones is 3. The van der Waals surface area contributed by atoms with Crippen molar-refractivity contribution in [2.45, 2.75) is 13.8 Å². The van der Waals surface area contributed by atoms with Crippen LogP contribution in [0.2, 0.25) is 0 Å². The summed E-state index contributed by atoms with van der Waals surface area (Å²) in [7, 11) is 0. The van der Waals surface area contributed by atoms with Gasteiger partial charge in [0.05, 0.1) is 0 Å². The van der Waals surface area contributed by atoms with Crippen molar-refractivity contribution in [3.63, 3.8) is 0 Å². The molecule has 2 aromatic rings. The highest BCUT2D eigenvalue weighted by molar-refractivity contribution is 6.28. The fourth-order valence-electron chi connectivity index (χ4n) is 2.74. The van der Waals surface area contributed by atoms with Crippen molar-refractivity contribution in [3.8, 4) is 11.1 Å². The van der Waals surface area contributed by atoms with Crippen LogP contribution in [0.1, 0.15) is 50.5 Å². The third-order valence-electron chi connectivity index (χ3n) is 3.63. The van der Waals surface area contributed by atoms with E-state index in [9.17, 15) is 14.4 Å². The molecule has 0 amide bonds. The second-order valence-corrected chi connectivity index (χ2v) is 4.90. The number of hydrogen-bond donors (Lipinski definition) is 0. The highest BCUT2D eigenvalue weighted by atomic mass is 16.1. The molecule has 3 rings (SSSR count). The van der Waals surface area contributed by atoms with E-state index in [1.807, 2.05) is 12.1 Å². The SMILES string of the molecule is CC(=O)c1ccc(C(C)=O)c2c1C(=O)c1ccccc1-2. The van der Waals surface area contributed by atoms with Crippen LogP contribution in [-0.4, -0.2) is 17.3 Å². The predicted molar refractivity (Wildman–Crippen MR) is 75.3 cm³/mol. The second-order valence-electron chi connectivity index (χ2n) is 4.90. The van der Waals surface area contributed by atoms with Gasteiger partial charge in [0.1, 0.15) is 0 Å². The molecule has 0 radical (unpaired) electrons. The topological polar surface area (TPSA) is 51.2 Å². The molecule has 2 aromatic carbocycles. The average molecular weight is 264 g/mol. The van der Waals surface area contributed by atoms with E-state index in [1.54, 1.807) is 24.3 Å². The maximum absolute atomic E-state index is 12.5. The summed E-state index contributed by atoms with van der Waals surface area (Å²) in [4.78, 5) is 36.1. The highest BCUT2D eigenvalue weighted by Gasteiger charge is 2.32. The Morgan fingerprint density at radius 1 is 0.750 bits per heavy atom. The van der Waals surface area contributed by atoms with Gasteiger partial charge in [0, 0.05) is 27.8 Å². The minimum absolute atomic E-state index is 0.110. The van der Waals surface area contributed by atoms with E-state index in [4.69, 9.17) is 0 Å². The summed E-state index contributed by atoms with van der Waals surface area (Å²) in [6.07, 6.45) is 0. The van der Waals surface area contributed by atoms with Gasteiger partial charge in [0.25, 0.3) is 0 Å². The van der Waals surface area contributed by atoms with Crippen LogP contribution in [0.4, 0.5) is 0 Å². The summed E-state index contributed by atoms with van der Waals surface area (Å²) in [5.41, 5.74) is 3.13. The van der Waals surface area contributed by atoms with Crippen molar-refractivity contribution in [1.82, 2.24) is 0 Å². The summed E-state index contributed by atoms with van der Waals surface area (Å²) in [6, 6.07) is 10.4. The summed E-state index contributed by atoms with van der Waals surface area (Å²) in [5, 5.41) is 0. The molecular weight excluding hydrogens is 252 g/mol. The molecule has 0 bridgehead atoms. The number of carbonyl (C=O) groups is 3. The fourth-order valence-corrected chi connectivity index (χ4v) is 2.74. The zero-order valence-corrected chi connectivity index (χ0v) is 11.2. The van der Waals surface area contributed by atoms with Gasteiger partial charge in [-0.3, -0.25) is 14.4 Å². The third-order valence-corrected chi connectivity index (χ3v) is 3.63. The van der Waals surface area contributed by atoms with Crippen LogP contribution in [0.3, 0.4) is 0 Å². The maximum atomic E-state index is 12.5. The lowest BCUT2D eigenvalue weighted by Gasteiger charge is -2.09. The van der Waals surface area contributed by atoms with Gasteiger partial charge < -0.3 is 0 Å². The number of benzene rings is 2. The third kappa shape index (κ3) is 1.56. The van der Waals surface area contributed by atoms with E-state index < -0.39 is 0 Å². The molecule has 3 heteroatoms. The zero-order chi connectivity index (χ0) is 14.4. The van der Waals surface area contributed by atoms with Gasteiger partial charge in [0.15, 0.2) is 17.3 Å². The van der Waals surface area contributed by atoms with Crippen molar-refractivity contribution < 1.29 is 14.4 Å². The van der Waals surface area contributed by atoms with Gasteiger partial charge in [-0.25, -0.2) is 0 Å². The van der Waals surface area contributed by atoms with E-state index in [2.05, 4.69) is 0 Å². The number of rotatable bonds is 2. The molecule has 98 valence electrons. The zero-order valence-electron chi connectivity index (χ0n) is 11.2. The lowest BCUT2D eigenvalue weighted by atomic mass is 9.92. The van der Waals surface area contributed by atoms with Crippen LogP contribution in [0.15, 0.2) is 36.4 Å². The van der Waals surface area contributed by atoms with Gasteiger partial charge in [0.2, 0.25) is 0 Å². The lowest BCUT2D eigenvalue weighted by Crippen LogP contribution is -2.07. The van der Waals surface area contributed by atoms with E-state index in [-0.39, 0.29) is 17.3 Å². The summed E-state index contributed by atoms with van der Waals surface area (Å²) < 4.78 is 0. The van der Waals surface area contributed by atoms with Gasteiger partial charge in [-0.1, -0.05) is 30.3 Å². The molecule has 0 unspecified atom stereocenters. The van der Waals surface area contributed by atoms with Gasteiger partial charge in [-0.05, 0) is 25.5 Å². The molecule has 0 heterocycles. The van der Waals surface area contributed by atoms with Gasteiger partial charge >= 0.3 is 0 Å². The van der Waals surface area contributed by atoms with Crippen molar-refractivity contribution in [1.29, 1.82) is 0 Å². The lowest BCUT2D eigenvalue weighted by molar-refractivity contribution is 0.0990. The molecule has 0 spiro atoms. The van der Waals surface area contributed by atoms with E-state index in [0.717, 1.165) is 5.56 Å². The van der Waals surface area contributed by atoms with Crippen LogP contribution in [0.25, 0.3) is 11.1 Å². The molecule has 0 saturated carbocycles. The minimum Gasteiger partial charge on any atom is -0.294 e. The molecule has 20 heavy (non-hydrogen) atoms. The first-order chi connectivity index (χ1) is 9.52. The second kappa shape index (κ2) is 4.23. The molecule has 1 aliphatic carbocycles. The predicted octanol–water partition coefficient (Wildman–Crippen LogP) is 3.30. The number of Topliss-reactive ketones (excluding diaryl/α,β-unsaturated/α-hetero) is 2. The monoisotopic (exact) mass is 264 g/mol. The molecule has 0 saturated heterocycles. The minimum atomic E-state index is -0.177. The fraction of sp³-hybridized carbons (Fsp3) is 0.118. The van der Waals surface area contributed by atoms with Gasteiger partial charge in [-0.2, -0.15) is 0 Å². The maximum Gasteiger partial charge on any atom is 0.195 e. The van der Waals surface area contributed by atoms with Crippen molar-refractivity contribution >= 4 is 17.3 Å². The van der Waals surface area contributed by atoms with E-state index in [0.29, 0.717) is 27.8 Å². The summed E-state index contributed by atoms with van der Waals surface area (Å²) >= 11 is 0. The molecule has 3 nitrogen and oxygen atoms in total. The number of carbonyl (C=O) groups excluding carboxylic acids is 3. The Kier molecular flexibility index (Phi) is 2.64. The Morgan fingerprint density at radius 3 is 1.80 bits per heavy atom. The standard InChI is InChI=1S/C17H12O3/c1-9(18)11-7-8-12(10(2)19)16-15(11)13-5-3-4-6-14(13)17(16)20/h3-8H,1-2H3. The highest BCUT2D eigenvalue weighted by Crippen LogP contribution is 2.40. The Bertz CT molecular complexity index is 785. The number of fused-ring (bicyclic) bond motifs is 3. The van der Waals surface area contributed by atoms with E-state index >= 15 is 0 Å². The smallest absolute Gasteiger partial charge is 0.195 e. The first-order valence-electron chi connectivity index (χ1n) is 6.35. The van der Waals surface area contributed by atoms with Gasteiger partial charge in [-0.15, -0.1) is 0 Å². The van der Waals surface area contributed by atoms with Crippen molar-refractivity contribution in [2.75, 3.05) is 0 Å². The molecule has 0 fully saturated rings. The quantitative estimate of drug-likeness (QED) is 0.667. The van der Waals surface area contributed by atoms with E-state index in [1.165, 1.54) is 13.8 Å². The Labute approximate surface area is 116 Å². The van der Waals surface area contributed by atoms with Crippen molar-refractivity contribution in [3.05, 3.63) is 58.7 Å². The normalized spacial score (nSPS) is 12.0. The van der Waals surface area contributed by atoms with Crippen molar-refractivity contribution in [2.24, 2.45) is 0 Å². The largest absolute Gasteiger partial charge is 0.294 e. The molecule has 0 aliphatic heterocycles. The first kappa shape index (κ1) is 12.5. The van der Waals surface area contributed by atoms with Crippen LogP contribution < -0.4 is 0 Å². The molecule has 0 N–H and O–H groups in total.